The van der Waals surface area contributed by atoms with Crippen molar-refractivity contribution in [3.8, 4) is 22.5 Å². The van der Waals surface area contributed by atoms with E-state index < -0.39 is 0 Å². The maximum absolute atomic E-state index is 6.29. The molecule has 246 valence electrons. The summed E-state index contributed by atoms with van der Waals surface area (Å²) < 4.78 is 11.5. The van der Waals surface area contributed by atoms with Gasteiger partial charge in [-0.3, -0.25) is 0 Å². The van der Waals surface area contributed by atoms with Gasteiger partial charge in [0.05, 0.1) is 11.0 Å². The molecular formula is C50H27BN2O. The summed E-state index contributed by atoms with van der Waals surface area (Å²) in [4.78, 5) is 0. The number of hydrogen-bond acceptors (Lipinski definition) is 1. The van der Waals surface area contributed by atoms with Crippen molar-refractivity contribution in [1.29, 1.82) is 0 Å². The first kappa shape index (κ1) is 27.6. The average molecular weight is 683 g/mol. The van der Waals surface area contributed by atoms with E-state index in [2.05, 4.69) is 167 Å². The van der Waals surface area contributed by atoms with Crippen molar-refractivity contribution < 1.29 is 4.42 Å². The quantitative estimate of drug-likeness (QED) is 0.158. The second-order valence-corrected chi connectivity index (χ2v) is 15.3. The van der Waals surface area contributed by atoms with E-state index in [1.165, 1.54) is 104 Å². The van der Waals surface area contributed by atoms with Crippen LogP contribution >= 0.6 is 0 Å². The molecule has 2 aliphatic heterocycles. The minimum Gasteiger partial charge on any atom is -0.456 e. The van der Waals surface area contributed by atoms with Crippen LogP contribution in [0.3, 0.4) is 0 Å². The number of nitrogens with zero attached hydrogens (tertiary/aromatic N) is 2. The van der Waals surface area contributed by atoms with Crippen LogP contribution < -0.4 is 16.4 Å². The van der Waals surface area contributed by atoms with E-state index >= 15 is 0 Å². The number of hydrogen-bond donors (Lipinski definition) is 0. The number of benzene rings is 9. The Morgan fingerprint density at radius 2 is 0.889 bits per heavy atom. The van der Waals surface area contributed by atoms with Gasteiger partial charge in [-0.1, -0.05) is 109 Å². The first-order chi connectivity index (χ1) is 26.8. The Morgan fingerprint density at radius 1 is 0.370 bits per heavy atom. The normalized spacial score (nSPS) is 13.1. The second kappa shape index (κ2) is 9.49. The van der Waals surface area contributed by atoms with Crippen LogP contribution in [0.4, 0.5) is 0 Å². The maximum Gasteiger partial charge on any atom is 0.252 e. The highest BCUT2D eigenvalue weighted by molar-refractivity contribution is 7.00. The maximum atomic E-state index is 6.29. The molecule has 3 nitrogen and oxygen atoms in total. The summed E-state index contributed by atoms with van der Waals surface area (Å²) in [7, 11) is 0. The van der Waals surface area contributed by atoms with Crippen molar-refractivity contribution in [2.45, 2.75) is 0 Å². The van der Waals surface area contributed by atoms with Crippen molar-refractivity contribution in [3.63, 3.8) is 0 Å². The standard InChI is InChI=1S/C50H27BN2O/c1-3-11-30-24-42-37(21-28(30)9-1)35-14-7-16-40-49(35)52(42)44-26-33(32-19-20-47-39(23-32)34-13-5-6-18-46(34)54-47)27-45-48(44)51(40)41-17-8-15-36-38-22-29-10-2-4-12-31(29)25-43(38)53(45)50(36)41/h1-27H. The molecule has 2 aliphatic rings. The zero-order valence-electron chi connectivity index (χ0n) is 29.0. The second-order valence-electron chi connectivity index (χ2n) is 15.3. The van der Waals surface area contributed by atoms with E-state index in [4.69, 9.17) is 4.42 Å². The molecule has 0 aliphatic carbocycles. The van der Waals surface area contributed by atoms with Gasteiger partial charge in [-0.05, 0) is 104 Å². The molecule has 9 aromatic carbocycles. The van der Waals surface area contributed by atoms with Gasteiger partial charge in [0.15, 0.2) is 0 Å². The molecule has 4 heteroatoms. The van der Waals surface area contributed by atoms with Crippen molar-refractivity contribution in [1.82, 2.24) is 9.13 Å². The van der Waals surface area contributed by atoms with Crippen molar-refractivity contribution in [2.24, 2.45) is 0 Å². The van der Waals surface area contributed by atoms with Gasteiger partial charge in [-0.2, -0.15) is 0 Å². The molecule has 0 amide bonds. The van der Waals surface area contributed by atoms with E-state index in [1.807, 2.05) is 6.07 Å². The lowest BCUT2D eigenvalue weighted by atomic mass is 9.34. The third-order valence-electron chi connectivity index (χ3n) is 12.6. The Balaban J connectivity index is 1.19. The Kier molecular flexibility index (Phi) is 4.85. The van der Waals surface area contributed by atoms with E-state index in [-0.39, 0.29) is 6.71 Å². The molecule has 0 atom stereocenters. The molecule has 0 N–H and O–H groups in total. The fourth-order valence-corrected chi connectivity index (χ4v) is 10.4. The zero-order valence-corrected chi connectivity index (χ0v) is 29.0. The van der Waals surface area contributed by atoms with E-state index in [1.54, 1.807) is 0 Å². The van der Waals surface area contributed by atoms with Crippen LogP contribution in [-0.2, 0) is 0 Å². The molecule has 0 spiro atoms. The highest BCUT2D eigenvalue weighted by Crippen LogP contribution is 2.43. The molecule has 5 heterocycles. The van der Waals surface area contributed by atoms with Gasteiger partial charge in [0.2, 0.25) is 0 Å². The van der Waals surface area contributed by atoms with E-state index in [0.717, 1.165) is 21.9 Å². The summed E-state index contributed by atoms with van der Waals surface area (Å²) in [6.45, 7) is 0.0919. The fraction of sp³-hybridized carbons (Fsp3) is 0. The third-order valence-corrected chi connectivity index (χ3v) is 12.6. The molecule has 12 aromatic rings. The lowest BCUT2D eigenvalue weighted by Gasteiger charge is -2.34. The number of rotatable bonds is 1. The van der Waals surface area contributed by atoms with Crippen molar-refractivity contribution in [3.05, 3.63) is 164 Å². The van der Waals surface area contributed by atoms with Gasteiger partial charge in [-0.25, -0.2) is 0 Å². The molecule has 0 saturated heterocycles. The molecule has 0 fully saturated rings. The molecule has 14 rings (SSSR count). The van der Waals surface area contributed by atoms with Crippen molar-refractivity contribution in [2.75, 3.05) is 0 Å². The van der Waals surface area contributed by atoms with Gasteiger partial charge >= 0.3 is 0 Å². The number of fused-ring (bicyclic) bond motifs is 15. The molecule has 0 saturated carbocycles. The smallest absolute Gasteiger partial charge is 0.252 e. The monoisotopic (exact) mass is 682 g/mol. The number of aromatic nitrogens is 2. The van der Waals surface area contributed by atoms with Gasteiger partial charge in [0.1, 0.15) is 11.2 Å². The summed E-state index contributed by atoms with van der Waals surface area (Å²) in [6, 6.07) is 61.1. The van der Waals surface area contributed by atoms with Crippen LogP contribution in [0.15, 0.2) is 168 Å². The minimum absolute atomic E-state index is 0.0919. The molecule has 0 unspecified atom stereocenters. The highest BCUT2D eigenvalue weighted by atomic mass is 16.3. The minimum atomic E-state index is 0.0919. The predicted octanol–water partition coefficient (Wildman–Crippen LogP) is 10.9. The van der Waals surface area contributed by atoms with Gasteiger partial charge in [-0.15, -0.1) is 0 Å². The van der Waals surface area contributed by atoms with Crippen LogP contribution in [0.2, 0.25) is 0 Å². The van der Waals surface area contributed by atoms with Gasteiger partial charge in [0, 0.05) is 54.7 Å². The fourth-order valence-electron chi connectivity index (χ4n) is 10.4. The Hall–Kier alpha value is -7.04. The summed E-state index contributed by atoms with van der Waals surface area (Å²) in [5.41, 5.74) is 15.9. The van der Waals surface area contributed by atoms with Crippen LogP contribution in [0, 0.1) is 0 Å². The Labute approximate surface area is 308 Å². The van der Waals surface area contributed by atoms with E-state index in [0.29, 0.717) is 0 Å². The van der Waals surface area contributed by atoms with Gasteiger partial charge < -0.3 is 13.6 Å². The highest BCUT2D eigenvalue weighted by Gasteiger charge is 2.41. The van der Waals surface area contributed by atoms with Crippen LogP contribution in [0.25, 0.3) is 110 Å². The van der Waals surface area contributed by atoms with Gasteiger partial charge in [0.25, 0.3) is 6.71 Å². The number of para-hydroxylation sites is 3. The molecular weight excluding hydrogens is 655 g/mol. The summed E-state index contributed by atoms with van der Waals surface area (Å²) >= 11 is 0. The summed E-state index contributed by atoms with van der Waals surface area (Å²) in [5, 5.41) is 12.5. The van der Waals surface area contributed by atoms with Crippen molar-refractivity contribution >= 4 is 110 Å². The number of furan rings is 1. The molecule has 54 heavy (non-hydrogen) atoms. The lowest BCUT2D eigenvalue weighted by Crippen LogP contribution is -2.59. The first-order valence-corrected chi connectivity index (χ1v) is 18.8. The first-order valence-electron chi connectivity index (χ1n) is 18.8. The topological polar surface area (TPSA) is 23.0 Å². The molecule has 0 bridgehead atoms. The van der Waals surface area contributed by atoms with E-state index in [9.17, 15) is 0 Å². The molecule has 3 aromatic heterocycles. The summed E-state index contributed by atoms with van der Waals surface area (Å²) in [6.07, 6.45) is 0. The molecule has 0 radical (unpaired) electrons. The SMILES string of the molecule is c1ccc2cc3c(cc2c1)c1cccc2c1n3-c1cc(-c3ccc4oc5ccccc5c4c3)cc3c1B2c1cccc2c4cc5ccccc5cc4n-3c12. The predicted molar refractivity (Wildman–Crippen MR) is 228 cm³/mol. The Bertz CT molecular complexity index is 3510. The third kappa shape index (κ3) is 3.27. The summed E-state index contributed by atoms with van der Waals surface area (Å²) in [5.74, 6) is 0. The zero-order chi connectivity index (χ0) is 34.8. The Morgan fingerprint density at radius 3 is 1.50 bits per heavy atom. The largest absolute Gasteiger partial charge is 0.456 e. The van der Waals surface area contributed by atoms with Crippen LogP contribution in [-0.4, -0.2) is 15.8 Å². The van der Waals surface area contributed by atoms with Crippen LogP contribution in [0.5, 0.6) is 0 Å². The van der Waals surface area contributed by atoms with Crippen LogP contribution in [0.1, 0.15) is 0 Å². The lowest BCUT2D eigenvalue weighted by molar-refractivity contribution is 0.669. The average Bonchev–Trinajstić information content (AvgIpc) is 3.87.